The molecule has 0 aliphatic heterocycles. The van der Waals surface area contributed by atoms with Crippen molar-refractivity contribution in [3.63, 3.8) is 0 Å². The zero-order chi connectivity index (χ0) is 15.5. The van der Waals surface area contributed by atoms with Gasteiger partial charge in [-0.05, 0) is 12.1 Å². The molecule has 0 aliphatic carbocycles. The van der Waals surface area contributed by atoms with Gasteiger partial charge < -0.3 is 5.84 Å². The van der Waals surface area contributed by atoms with Crippen LogP contribution in [0.2, 0.25) is 5.02 Å². The van der Waals surface area contributed by atoms with Gasteiger partial charge >= 0.3 is 0 Å². The van der Waals surface area contributed by atoms with Gasteiger partial charge in [-0.15, -0.1) is 10.2 Å². The lowest BCUT2D eigenvalue weighted by atomic mass is 10.2. The molecule has 0 amide bonds. The highest BCUT2D eigenvalue weighted by Crippen LogP contribution is 2.28. The van der Waals surface area contributed by atoms with E-state index in [1.165, 1.54) is 22.5 Å². The molecule has 22 heavy (non-hydrogen) atoms. The summed E-state index contributed by atoms with van der Waals surface area (Å²) in [6.07, 6.45) is 0. The van der Waals surface area contributed by atoms with Crippen LogP contribution in [-0.2, 0) is 5.75 Å². The number of halogens is 2. The normalized spacial score (nSPS) is 10.8. The summed E-state index contributed by atoms with van der Waals surface area (Å²) in [7, 11) is 0. The molecule has 4 nitrogen and oxygen atoms in total. The first-order chi connectivity index (χ1) is 10.7. The molecule has 2 aromatic carbocycles. The van der Waals surface area contributed by atoms with Gasteiger partial charge in [-0.25, -0.2) is 9.07 Å². The van der Waals surface area contributed by atoms with E-state index in [4.69, 9.17) is 17.4 Å². The monoisotopic (exact) mass is 334 g/mol. The van der Waals surface area contributed by atoms with Crippen LogP contribution in [0.1, 0.15) is 5.56 Å². The van der Waals surface area contributed by atoms with Crippen LogP contribution in [0.4, 0.5) is 4.39 Å². The molecule has 7 heteroatoms. The minimum Gasteiger partial charge on any atom is -0.335 e. The fraction of sp³-hybridized carbons (Fsp3) is 0.0667. The Bertz CT molecular complexity index is 771. The third kappa shape index (κ3) is 2.93. The molecular formula is C15H12ClFN4S. The summed E-state index contributed by atoms with van der Waals surface area (Å²) < 4.78 is 15.1. The summed E-state index contributed by atoms with van der Waals surface area (Å²) in [5, 5.41) is 9.02. The maximum absolute atomic E-state index is 13.8. The molecule has 0 aliphatic rings. The SMILES string of the molecule is Nn1c(SCc2c(F)cccc2Cl)nnc1-c1ccccc1. The second kappa shape index (κ2) is 6.37. The molecule has 0 bridgehead atoms. The Kier molecular flexibility index (Phi) is 4.31. The van der Waals surface area contributed by atoms with Gasteiger partial charge in [-0.3, -0.25) is 0 Å². The second-order valence-electron chi connectivity index (χ2n) is 4.53. The summed E-state index contributed by atoms with van der Waals surface area (Å²) in [6, 6.07) is 14.1. The number of nitrogens with zero attached hydrogens (tertiary/aromatic N) is 3. The zero-order valence-corrected chi connectivity index (χ0v) is 13.0. The van der Waals surface area contributed by atoms with Crippen LogP contribution < -0.4 is 5.84 Å². The fourth-order valence-corrected chi connectivity index (χ4v) is 3.17. The van der Waals surface area contributed by atoms with E-state index in [2.05, 4.69) is 10.2 Å². The van der Waals surface area contributed by atoms with Crippen molar-refractivity contribution in [2.45, 2.75) is 10.9 Å². The maximum atomic E-state index is 13.8. The zero-order valence-electron chi connectivity index (χ0n) is 11.4. The number of thioether (sulfide) groups is 1. The van der Waals surface area contributed by atoms with E-state index in [9.17, 15) is 4.39 Å². The molecule has 0 saturated heterocycles. The molecule has 0 spiro atoms. The number of nitrogens with two attached hydrogens (primary N) is 1. The van der Waals surface area contributed by atoms with Crippen LogP contribution >= 0.6 is 23.4 Å². The van der Waals surface area contributed by atoms with E-state index < -0.39 is 0 Å². The molecule has 0 unspecified atom stereocenters. The number of rotatable bonds is 4. The van der Waals surface area contributed by atoms with Gasteiger partial charge in [0.1, 0.15) is 5.82 Å². The lowest BCUT2D eigenvalue weighted by Crippen LogP contribution is -2.11. The third-order valence-corrected chi connectivity index (χ3v) is 4.43. The van der Waals surface area contributed by atoms with E-state index in [1.807, 2.05) is 30.3 Å². The van der Waals surface area contributed by atoms with Gasteiger partial charge in [-0.1, -0.05) is 59.8 Å². The molecular weight excluding hydrogens is 323 g/mol. The Labute approximate surface area is 136 Å². The lowest BCUT2D eigenvalue weighted by Gasteiger charge is -2.06. The van der Waals surface area contributed by atoms with Crippen molar-refractivity contribution in [3.05, 3.63) is 64.9 Å². The van der Waals surface area contributed by atoms with Gasteiger partial charge in [0, 0.05) is 21.9 Å². The van der Waals surface area contributed by atoms with Crippen LogP contribution in [0.25, 0.3) is 11.4 Å². The highest BCUT2D eigenvalue weighted by Gasteiger charge is 2.14. The van der Waals surface area contributed by atoms with E-state index in [0.29, 0.717) is 27.3 Å². The Balaban J connectivity index is 1.81. The number of hydrogen-bond acceptors (Lipinski definition) is 4. The first-order valence-electron chi connectivity index (χ1n) is 6.48. The number of aromatic nitrogens is 3. The van der Waals surface area contributed by atoms with Crippen molar-refractivity contribution in [1.82, 2.24) is 14.9 Å². The highest BCUT2D eigenvalue weighted by atomic mass is 35.5. The first-order valence-corrected chi connectivity index (χ1v) is 7.85. The molecule has 3 rings (SSSR count). The Morgan fingerprint density at radius 2 is 1.86 bits per heavy atom. The van der Waals surface area contributed by atoms with E-state index in [0.717, 1.165) is 5.56 Å². The molecule has 1 aromatic heterocycles. The maximum Gasteiger partial charge on any atom is 0.210 e. The smallest absolute Gasteiger partial charge is 0.210 e. The van der Waals surface area contributed by atoms with Crippen LogP contribution in [0.5, 0.6) is 0 Å². The predicted octanol–water partition coefficient (Wildman–Crippen LogP) is 3.74. The van der Waals surface area contributed by atoms with Crippen LogP contribution in [0.3, 0.4) is 0 Å². The summed E-state index contributed by atoms with van der Waals surface area (Å²) in [6.45, 7) is 0. The second-order valence-corrected chi connectivity index (χ2v) is 5.88. The van der Waals surface area contributed by atoms with Crippen molar-refractivity contribution in [1.29, 1.82) is 0 Å². The Morgan fingerprint density at radius 1 is 1.09 bits per heavy atom. The van der Waals surface area contributed by atoms with Gasteiger partial charge in [0.25, 0.3) is 0 Å². The quantitative estimate of drug-likeness (QED) is 0.583. The van der Waals surface area contributed by atoms with Crippen LogP contribution in [0, 0.1) is 5.82 Å². The van der Waals surface area contributed by atoms with Crippen LogP contribution in [0.15, 0.2) is 53.7 Å². The van der Waals surface area contributed by atoms with Crippen molar-refractivity contribution in [2.75, 3.05) is 5.84 Å². The average molecular weight is 335 g/mol. The van der Waals surface area contributed by atoms with Crippen molar-refractivity contribution >= 4 is 23.4 Å². The Hall–Kier alpha value is -2.05. The Morgan fingerprint density at radius 3 is 2.59 bits per heavy atom. The average Bonchev–Trinajstić information content (AvgIpc) is 2.89. The molecule has 0 atom stereocenters. The van der Waals surface area contributed by atoms with Gasteiger partial charge in [0.2, 0.25) is 5.16 Å². The molecule has 0 radical (unpaired) electrons. The van der Waals surface area contributed by atoms with E-state index in [-0.39, 0.29) is 5.82 Å². The standard InChI is InChI=1S/C15H12ClFN4S/c16-12-7-4-8-13(17)11(12)9-22-15-20-19-14(21(15)18)10-5-2-1-3-6-10/h1-8H,9,18H2. The topological polar surface area (TPSA) is 56.7 Å². The third-order valence-electron chi connectivity index (χ3n) is 3.10. The van der Waals surface area contributed by atoms with Gasteiger partial charge in [0.05, 0.1) is 0 Å². The molecule has 112 valence electrons. The van der Waals surface area contributed by atoms with E-state index >= 15 is 0 Å². The van der Waals surface area contributed by atoms with Crippen molar-refractivity contribution < 1.29 is 4.39 Å². The van der Waals surface area contributed by atoms with Gasteiger partial charge in [-0.2, -0.15) is 0 Å². The minimum atomic E-state index is -0.341. The van der Waals surface area contributed by atoms with Gasteiger partial charge in [0.15, 0.2) is 5.82 Å². The molecule has 3 aromatic rings. The largest absolute Gasteiger partial charge is 0.335 e. The number of hydrogen-bond donors (Lipinski definition) is 1. The summed E-state index contributed by atoms with van der Waals surface area (Å²) in [5.74, 6) is 6.57. The molecule has 1 heterocycles. The van der Waals surface area contributed by atoms with Crippen molar-refractivity contribution in [3.8, 4) is 11.4 Å². The van der Waals surface area contributed by atoms with Crippen LogP contribution in [-0.4, -0.2) is 14.9 Å². The molecule has 0 fully saturated rings. The summed E-state index contributed by atoms with van der Waals surface area (Å²) in [5.41, 5.74) is 1.30. The summed E-state index contributed by atoms with van der Waals surface area (Å²) in [4.78, 5) is 0. The predicted molar refractivity (Wildman–Crippen MR) is 86.6 cm³/mol. The summed E-state index contributed by atoms with van der Waals surface area (Å²) >= 11 is 7.29. The van der Waals surface area contributed by atoms with Crippen molar-refractivity contribution in [2.24, 2.45) is 0 Å². The highest BCUT2D eigenvalue weighted by molar-refractivity contribution is 7.98. The van der Waals surface area contributed by atoms with E-state index in [1.54, 1.807) is 12.1 Å². The number of nitrogen functional groups attached to an aromatic ring is 1. The number of benzene rings is 2. The minimum absolute atomic E-state index is 0.329. The molecule has 2 N–H and O–H groups in total. The lowest BCUT2D eigenvalue weighted by molar-refractivity contribution is 0.617. The fourth-order valence-electron chi connectivity index (χ4n) is 1.97. The molecule has 0 saturated carbocycles. The first kappa shape index (κ1) is 14.9.